The molecule has 1 unspecified atom stereocenters. The Hall–Kier alpha value is -3.70. The number of carbonyl (C=O) groups excluding carboxylic acids is 6. The van der Waals surface area contributed by atoms with Crippen molar-refractivity contribution in [3.05, 3.63) is 29.8 Å². The summed E-state index contributed by atoms with van der Waals surface area (Å²) in [4.78, 5) is 78.2. The van der Waals surface area contributed by atoms with Crippen LogP contribution in [0.1, 0.15) is 65.5 Å². The molecule has 5 rings (SSSR count). The molecule has 4 fully saturated rings. The van der Waals surface area contributed by atoms with Gasteiger partial charge in [-0.2, -0.15) is 0 Å². The van der Waals surface area contributed by atoms with Crippen LogP contribution in [-0.4, -0.2) is 99.0 Å². The Balaban J connectivity index is 1.16. The second-order valence-electron chi connectivity index (χ2n) is 12.6. The smallest absolute Gasteiger partial charge is 0.333 e. The monoisotopic (exact) mass is 680 g/mol. The SMILES string of the molecule is CCCC(=O)Oc1ccc(C(N)C(=O)N[C@@H]2C(=O)N3[C@@H]2SC(C)(C)[C@@H]3C(=O)OCOC(=O)[C@@H]2N3C(=O)C[C@H]3S(=O)(=O)C2(C)C)cc1. The van der Waals surface area contributed by atoms with Gasteiger partial charge >= 0.3 is 17.9 Å². The molecule has 3 N–H and O–H groups in total. The van der Waals surface area contributed by atoms with Crippen molar-refractivity contribution >= 4 is 57.2 Å². The molecule has 4 aliphatic heterocycles. The summed E-state index contributed by atoms with van der Waals surface area (Å²) >= 11 is 1.28. The Bertz CT molecular complexity index is 1590. The van der Waals surface area contributed by atoms with Crippen molar-refractivity contribution in [2.75, 3.05) is 6.79 Å². The van der Waals surface area contributed by atoms with E-state index in [9.17, 15) is 37.2 Å². The average molecular weight is 681 g/mol. The van der Waals surface area contributed by atoms with E-state index in [-0.39, 0.29) is 18.8 Å². The number of nitrogens with one attached hydrogen (secondary N) is 1. The first kappa shape index (κ1) is 33.7. The van der Waals surface area contributed by atoms with Gasteiger partial charge in [-0.25, -0.2) is 18.0 Å². The van der Waals surface area contributed by atoms with E-state index in [1.165, 1.54) is 42.6 Å². The van der Waals surface area contributed by atoms with Crippen molar-refractivity contribution in [2.45, 2.75) is 98.3 Å². The van der Waals surface area contributed by atoms with Crippen molar-refractivity contribution in [1.29, 1.82) is 0 Å². The number of thioether (sulfide) groups is 1. The number of esters is 3. The first-order chi connectivity index (χ1) is 21.4. The molecule has 4 heterocycles. The van der Waals surface area contributed by atoms with Crippen molar-refractivity contribution in [3.63, 3.8) is 0 Å². The molecule has 0 spiro atoms. The van der Waals surface area contributed by atoms with Gasteiger partial charge in [-0.1, -0.05) is 19.1 Å². The van der Waals surface area contributed by atoms with E-state index in [0.717, 1.165) is 4.90 Å². The van der Waals surface area contributed by atoms with Crippen LogP contribution in [0.2, 0.25) is 0 Å². The van der Waals surface area contributed by atoms with E-state index in [1.807, 2.05) is 6.92 Å². The molecule has 4 aliphatic rings. The lowest BCUT2D eigenvalue weighted by molar-refractivity contribution is -0.181. The fraction of sp³-hybridized carbons (Fsp3) is 0.586. The van der Waals surface area contributed by atoms with E-state index in [0.29, 0.717) is 17.7 Å². The van der Waals surface area contributed by atoms with Crippen LogP contribution in [0.5, 0.6) is 5.75 Å². The highest BCUT2D eigenvalue weighted by atomic mass is 32.2. The van der Waals surface area contributed by atoms with Gasteiger partial charge in [0.15, 0.2) is 9.84 Å². The summed E-state index contributed by atoms with van der Waals surface area (Å²) < 4.78 is 38.6. The Morgan fingerprint density at radius 3 is 2.22 bits per heavy atom. The molecule has 0 radical (unpaired) electrons. The van der Waals surface area contributed by atoms with E-state index in [1.54, 1.807) is 26.0 Å². The van der Waals surface area contributed by atoms with E-state index in [4.69, 9.17) is 19.9 Å². The summed E-state index contributed by atoms with van der Waals surface area (Å²) in [6.07, 6.45) is 0.710. The number of nitrogens with two attached hydrogens (primary N) is 1. The number of fused-ring (bicyclic) bond motifs is 2. The molecule has 0 saturated carbocycles. The number of sulfone groups is 1. The Labute approximate surface area is 269 Å². The van der Waals surface area contributed by atoms with Crippen LogP contribution in [0.15, 0.2) is 24.3 Å². The van der Waals surface area contributed by atoms with Crippen molar-refractivity contribution < 1.29 is 51.4 Å². The van der Waals surface area contributed by atoms with Crippen molar-refractivity contribution in [2.24, 2.45) is 5.73 Å². The number of nitrogens with zero attached hydrogens (tertiary/aromatic N) is 2. The molecule has 0 aromatic heterocycles. The first-order valence-corrected chi connectivity index (χ1v) is 17.1. The first-order valence-electron chi connectivity index (χ1n) is 14.7. The lowest BCUT2D eigenvalue weighted by Crippen LogP contribution is -2.71. The molecule has 17 heteroatoms. The summed E-state index contributed by atoms with van der Waals surface area (Å²) in [6.45, 7) is 7.13. The van der Waals surface area contributed by atoms with Crippen LogP contribution < -0.4 is 15.8 Å². The highest BCUT2D eigenvalue weighted by Crippen LogP contribution is 2.51. The predicted octanol–water partition coefficient (Wildman–Crippen LogP) is 0.117. The lowest BCUT2D eigenvalue weighted by atomic mass is 9.95. The van der Waals surface area contributed by atoms with Crippen LogP contribution in [0, 0.1) is 0 Å². The Kier molecular flexibility index (Phi) is 8.66. The predicted molar refractivity (Wildman–Crippen MR) is 161 cm³/mol. The third-order valence-corrected chi connectivity index (χ3v) is 13.1. The second-order valence-corrected chi connectivity index (χ2v) is 17.0. The van der Waals surface area contributed by atoms with E-state index >= 15 is 0 Å². The number of rotatable bonds is 10. The van der Waals surface area contributed by atoms with Gasteiger partial charge in [-0.3, -0.25) is 19.2 Å². The summed E-state index contributed by atoms with van der Waals surface area (Å²) in [5.41, 5.74) is 6.57. The molecular weight excluding hydrogens is 644 g/mol. The second kappa shape index (κ2) is 11.8. The van der Waals surface area contributed by atoms with Gasteiger partial charge in [-0.05, 0) is 51.8 Å². The quantitative estimate of drug-likeness (QED) is 0.146. The molecule has 1 aromatic carbocycles. The van der Waals surface area contributed by atoms with Crippen LogP contribution in [-0.2, 0) is 48.1 Å². The zero-order valence-electron chi connectivity index (χ0n) is 25.9. The fourth-order valence-corrected chi connectivity index (χ4v) is 9.91. The highest BCUT2D eigenvalue weighted by Gasteiger charge is 2.68. The molecule has 3 amide bonds. The maximum atomic E-state index is 13.2. The topological polar surface area (TPSA) is 209 Å². The molecular formula is C29H36N4O11S2. The van der Waals surface area contributed by atoms with Gasteiger partial charge < -0.3 is 35.1 Å². The van der Waals surface area contributed by atoms with Crippen molar-refractivity contribution in [3.8, 4) is 5.75 Å². The molecule has 0 bridgehead atoms. The van der Waals surface area contributed by atoms with Gasteiger partial charge in [0.05, 0.1) is 11.2 Å². The number of ether oxygens (including phenoxy) is 3. The molecule has 1 aromatic rings. The Morgan fingerprint density at radius 2 is 1.63 bits per heavy atom. The van der Waals surface area contributed by atoms with Gasteiger partial charge in [-0.15, -0.1) is 11.8 Å². The molecule has 0 aliphatic carbocycles. The zero-order valence-corrected chi connectivity index (χ0v) is 27.5. The van der Waals surface area contributed by atoms with Crippen LogP contribution in [0.4, 0.5) is 0 Å². The molecule has 6 atom stereocenters. The fourth-order valence-electron chi connectivity index (χ4n) is 6.16. The number of β-lactam (4-membered cyclic amide) rings is 2. The lowest BCUT2D eigenvalue weighted by Gasteiger charge is -2.44. The molecule has 250 valence electrons. The molecule has 46 heavy (non-hydrogen) atoms. The minimum absolute atomic E-state index is 0.206. The maximum absolute atomic E-state index is 13.2. The summed E-state index contributed by atoms with van der Waals surface area (Å²) in [5, 5.41) is 0.962. The summed E-state index contributed by atoms with van der Waals surface area (Å²) in [6, 6.07) is 1.58. The minimum atomic E-state index is -3.82. The third-order valence-electron chi connectivity index (χ3n) is 8.77. The van der Waals surface area contributed by atoms with Gasteiger partial charge in [0.1, 0.15) is 40.7 Å². The molecule has 15 nitrogen and oxygen atoms in total. The number of benzene rings is 1. The standard InChI is InChI=1S/C29H36N4O11S2/c1-6-7-18(35)44-15-10-8-14(9-11-15)19(30)23(36)31-20-24(37)33-21(28(2,3)45-25(20)33)26(38)42-13-43-27(39)22-29(4,5)46(40,41)17-12-16(34)32(17)22/h8-11,17,19-22,25H,6-7,12-13,30H2,1-5H3,(H,31,36)/t17-,19?,20-,21+,22+,25-/m1/s1. The summed E-state index contributed by atoms with van der Waals surface area (Å²) in [7, 11) is -3.82. The van der Waals surface area contributed by atoms with Gasteiger partial charge in [0.25, 0.3) is 0 Å². The number of amides is 3. The maximum Gasteiger partial charge on any atom is 0.333 e. The van der Waals surface area contributed by atoms with Crippen LogP contribution in [0.3, 0.4) is 0 Å². The van der Waals surface area contributed by atoms with Crippen molar-refractivity contribution in [1.82, 2.24) is 15.1 Å². The number of hydrogen-bond acceptors (Lipinski definition) is 13. The van der Waals surface area contributed by atoms with Gasteiger partial charge in [0, 0.05) is 11.2 Å². The summed E-state index contributed by atoms with van der Waals surface area (Å²) in [5.74, 6) is -3.59. The van der Waals surface area contributed by atoms with Crippen LogP contribution >= 0.6 is 11.8 Å². The third kappa shape index (κ3) is 5.41. The normalized spacial score (nSPS) is 28.6. The zero-order chi connectivity index (χ0) is 33.9. The van der Waals surface area contributed by atoms with Gasteiger partial charge in [0.2, 0.25) is 24.5 Å². The number of carbonyl (C=O) groups is 6. The Morgan fingerprint density at radius 1 is 1.02 bits per heavy atom. The average Bonchev–Trinajstić information content (AvgIpc) is 3.30. The van der Waals surface area contributed by atoms with Crippen LogP contribution in [0.25, 0.3) is 0 Å². The van der Waals surface area contributed by atoms with E-state index in [2.05, 4.69) is 5.32 Å². The minimum Gasteiger partial charge on any atom is -0.427 e. The largest absolute Gasteiger partial charge is 0.427 e. The van der Waals surface area contributed by atoms with E-state index < -0.39 is 90.7 Å². The number of hydrogen-bond donors (Lipinski definition) is 2. The molecule has 4 saturated heterocycles. The highest BCUT2D eigenvalue weighted by molar-refractivity contribution is 8.01.